The van der Waals surface area contributed by atoms with Gasteiger partial charge in [0.25, 0.3) is 11.8 Å². The number of hydrogen-bond donors (Lipinski definition) is 1. The molecule has 1 fully saturated rings. The first-order chi connectivity index (χ1) is 10.1. The zero-order chi connectivity index (χ0) is 15.0. The summed E-state index contributed by atoms with van der Waals surface area (Å²) in [5.41, 5.74) is 0.236. The number of hydrogen-bond acceptors (Lipinski definition) is 4. The van der Waals surface area contributed by atoms with Crippen LogP contribution in [0.1, 0.15) is 18.4 Å². The van der Waals surface area contributed by atoms with Gasteiger partial charge in [0.1, 0.15) is 5.82 Å². The maximum atomic E-state index is 12.9. The second-order valence-corrected chi connectivity index (χ2v) is 5.09. The minimum atomic E-state index is -0.727. The molecule has 0 aliphatic carbocycles. The molecule has 1 atom stereocenters. The van der Waals surface area contributed by atoms with Crippen molar-refractivity contribution < 1.29 is 23.8 Å². The Morgan fingerprint density at radius 1 is 1.24 bits per heavy atom. The molecule has 0 spiro atoms. The molecule has 0 aromatic heterocycles. The Balaban J connectivity index is 1.85. The molecule has 6 heteroatoms. The molecule has 2 aliphatic rings. The Hall–Kier alpha value is -2.21. The van der Waals surface area contributed by atoms with Crippen molar-refractivity contribution in [3.8, 4) is 0 Å². The average Bonchev–Trinajstić information content (AvgIpc) is 3.05. The van der Waals surface area contributed by atoms with E-state index in [4.69, 9.17) is 4.74 Å². The molecule has 21 heavy (non-hydrogen) atoms. The van der Waals surface area contributed by atoms with E-state index in [0.29, 0.717) is 12.2 Å². The molecular formula is C15H14FNO4. The van der Waals surface area contributed by atoms with Gasteiger partial charge in [0.2, 0.25) is 0 Å². The third-order valence-corrected chi connectivity index (χ3v) is 3.69. The Bertz CT molecular complexity index is 617. The van der Waals surface area contributed by atoms with Crippen molar-refractivity contribution in [1.82, 2.24) is 4.90 Å². The van der Waals surface area contributed by atoms with E-state index in [9.17, 15) is 19.1 Å². The standard InChI is InChI=1S/C15H14FNO4/c16-10-5-3-9(4-6-10)12-13(18)15(20)17(14(12)19)8-11-2-1-7-21-11/h3-6,11,18H,1-2,7-8H2. The van der Waals surface area contributed by atoms with Crippen LogP contribution in [-0.4, -0.2) is 41.1 Å². The van der Waals surface area contributed by atoms with Gasteiger partial charge in [-0.15, -0.1) is 0 Å². The van der Waals surface area contributed by atoms with Crippen LogP contribution in [0, 0.1) is 5.82 Å². The molecule has 5 nitrogen and oxygen atoms in total. The van der Waals surface area contributed by atoms with Gasteiger partial charge in [-0.3, -0.25) is 14.5 Å². The van der Waals surface area contributed by atoms with Crippen LogP contribution in [0.3, 0.4) is 0 Å². The molecule has 0 saturated carbocycles. The molecule has 1 aromatic carbocycles. The second-order valence-electron chi connectivity index (χ2n) is 5.09. The van der Waals surface area contributed by atoms with Crippen LogP contribution in [-0.2, 0) is 14.3 Å². The summed E-state index contributed by atoms with van der Waals surface area (Å²) in [6, 6.07) is 5.08. The molecule has 110 valence electrons. The van der Waals surface area contributed by atoms with Crippen LogP contribution < -0.4 is 0 Å². The molecule has 2 aliphatic heterocycles. The van der Waals surface area contributed by atoms with Crippen LogP contribution in [0.2, 0.25) is 0 Å². The van der Waals surface area contributed by atoms with Crippen LogP contribution in [0.25, 0.3) is 5.57 Å². The van der Waals surface area contributed by atoms with E-state index >= 15 is 0 Å². The maximum Gasteiger partial charge on any atom is 0.296 e. The van der Waals surface area contributed by atoms with Gasteiger partial charge in [-0.2, -0.15) is 0 Å². The van der Waals surface area contributed by atoms with E-state index in [2.05, 4.69) is 0 Å². The zero-order valence-corrected chi connectivity index (χ0v) is 11.2. The monoisotopic (exact) mass is 291 g/mol. The summed E-state index contributed by atoms with van der Waals surface area (Å²) >= 11 is 0. The molecule has 2 heterocycles. The summed E-state index contributed by atoms with van der Waals surface area (Å²) in [4.78, 5) is 25.3. The van der Waals surface area contributed by atoms with Gasteiger partial charge in [-0.05, 0) is 30.5 Å². The lowest BCUT2D eigenvalue weighted by Crippen LogP contribution is -2.38. The first-order valence-electron chi connectivity index (χ1n) is 6.75. The molecule has 1 aromatic rings. The van der Waals surface area contributed by atoms with E-state index in [-0.39, 0.29) is 18.2 Å². The number of aliphatic hydroxyl groups excluding tert-OH is 1. The van der Waals surface area contributed by atoms with Crippen molar-refractivity contribution >= 4 is 17.4 Å². The van der Waals surface area contributed by atoms with Crippen molar-refractivity contribution in [2.45, 2.75) is 18.9 Å². The Morgan fingerprint density at radius 3 is 2.57 bits per heavy atom. The van der Waals surface area contributed by atoms with E-state index in [0.717, 1.165) is 17.7 Å². The first kappa shape index (κ1) is 13.8. The zero-order valence-electron chi connectivity index (χ0n) is 11.2. The highest BCUT2D eigenvalue weighted by Gasteiger charge is 2.40. The number of ether oxygens (including phenoxy) is 1. The third kappa shape index (κ3) is 2.42. The average molecular weight is 291 g/mol. The van der Waals surface area contributed by atoms with Crippen LogP contribution in [0.15, 0.2) is 30.0 Å². The quantitative estimate of drug-likeness (QED) is 0.860. The second kappa shape index (κ2) is 5.29. The predicted octanol–water partition coefficient (Wildman–Crippen LogP) is 1.64. The maximum absolute atomic E-state index is 12.9. The number of carbonyl (C=O) groups excluding carboxylic acids is 2. The summed E-state index contributed by atoms with van der Waals surface area (Å²) in [7, 11) is 0. The third-order valence-electron chi connectivity index (χ3n) is 3.69. The first-order valence-corrected chi connectivity index (χ1v) is 6.75. The lowest BCUT2D eigenvalue weighted by molar-refractivity contribution is -0.139. The molecule has 2 amide bonds. The summed E-state index contributed by atoms with van der Waals surface area (Å²) in [5, 5.41) is 9.93. The highest BCUT2D eigenvalue weighted by molar-refractivity contribution is 6.34. The van der Waals surface area contributed by atoms with E-state index in [1.165, 1.54) is 24.3 Å². The fourth-order valence-corrected chi connectivity index (χ4v) is 2.60. The molecule has 0 bridgehead atoms. The van der Waals surface area contributed by atoms with Crippen LogP contribution in [0.5, 0.6) is 0 Å². The van der Waals surface area contributed by atoms with Crippen molar-refractivity contribution in [2.75, 3.05) is 13.2 Å². The molecule has 0 radical (unpaired) electrons. The highest BCUT2D eigenvalue weighted by Crippen LogP contribution is 2.29. The van der Waals surface area contributed by atoms with Gasteiger partial charge < -0.3 is 9.84 Å². The van der Waals surface area contributed by atoms with Gasteiger partial charge in [0.05, 0.1) is 18.2 Å². The lowest BCUT2D eigenvalue weighted by Gasteiger charge is -2.18. The van der Waals surface area contributed by atoms with Crippen molar-refractivity contribution in [3.63, 3.8) is 0 Å². The Labute approximate surface area is 120 Å². The minimum Gasteiger partial charge on any atom is -0.502 e. The summed E-state index contributed by atoms with van der Waals surface area (Å²) in [5.74, 6) is -2.34. The molecule has 1 saturated heterocycles. The fraction of sp³-hybridized carbons (Fsp3) is 0.333. The topological polar surface area (TPSA) is 66.8 Å². The minimum absolute atomic E-state index is 0.0852. The lowest BCUT2D eigenvalue weighted by atomic mass is 10.1. The smallest absolute Gasteiger partial charge is 0.296 e. The van der Waals surface area contributed by atoms with E-state index in [1.54, 1.807) is 0 Å². The molecule has 3 rings (SSSR count). The SMILES string of the molecule is O=C1C(O)=C(c2ccc(F)cc2)C(=O)N1CC1CCCO1. The van der Waals surface area contributed by atoms with E-state index < -0.39 is 23.4 Å². The van der Waals surface area contributed by atoms with Crippen molar-refractivity contribution in [1.29, 1.82) is 0 Å². The van der Waals surface area contributed by atoms with Crippen LogP contribution >= 0.6 is 0 Å². The Morgan fingerprint density at radius 2 is 1.95 bits per heavy atom. The van der Waals surface area contributed by atoms with Gasteiger partial charge in [0.15, 0.2) is 5.76 Å². The fourth-order valence-electron chi connectivity index (χ4n) is 2.60. The largest absolute Gasteiger partial charge is 0.502 e. The summed E-state index contributed by atoms with van der Waals surface area (Å²) in [6.45, 7) is 0.748. The number of benzene rings is 1. The number of aliphatic hydroxyl groups is 1. The van der Waals surface area contributed by atoms with Gasteiger partial charge in [-0.1, -0.05) is 12.1 Å². The van der Waals surface area contributed by atoms with Gasteiger partial charge in [0, 0.05) is 6.61 Å². The number of halogens is 1. The Kier molecular flexibility index (Phi) is 3.47. The predicted molar refractivity (Wildman–Crippen MR) is 71.6 cm³/mol. The highest BCUT2D eigenvalue weighted by atomic mass is 19.1. The van der Waals surface area contributed by atoms with Crippen molar-refractivity contribution in [3.05, 3.63) is 41.4 Å². The van der Waals surface area contributed by atoms with Crippen LogP contribution in [0.4, 0.5) is 4.39 Å². The van der Waals surface area contributed by atoms with Crippen molar-refractivity contribution in [2.24, 2.45) is 0 Å². The summed E-state index contributed by atoms with van der Waals surface area (Å²) < 4.78 is 18.3. The van der Waals surface area contributed by atoms with E-state index in [1.807, 2.05) is 0 Å². The summed E-state index contributed by atoms with van der Waals surface area (Å²) in [6.07, 6.45) is 1.49. The number of amides is 2. The normalized spacial score (nSPS) is 22.5. The number of carbonyl (C=O) groups is 2. The van der Waals surface area contributed by atoms with Gasteiger partial charge in [-0.25, -0.2) is 4.39 Å². The molecule has 1 N–H and O–H groups in total. The number of imide groups is 1. The molecular weight excluding hydrogens is 277 g/mol. The van der Waals surface area contributed by atoms with Gasteiger partial charge >= 0.3 is 0 Å². The number of nitrogens with zero attached hydrogens (tertiary/aromatic N) is 1. The number of rotatable bonds is 3. The molecule has 1 unspecified atom stereocenters.